The standard InChI is InChI=1S/C15H19N5O.2ClH/c1-11-10-16-6-4-13(11)19-15(21)14-9-12(3-7-17-14)20-8-2-5-18-20;;/h2-3,5,7-9,11,13,16H,4,6,10H2,1H3,(H,19,21);2*1H. The van der Waals surface area contributed by atoms with Gasteiger partial charge in [0.15, 0.2) is 0 Å². The molecule has 2 aromatic heterocycles. The number of carbonyl (C=O) groups is 1. The number of aromatic nitrogens is 3. The highest BCUT2D eigenvalue weighted by Crippen LogP contribution is 2.12. The van der Waals surface area contributed by atoms with Gasteiger partial charge in [-0.05, 0) is 43.6 Å². The summed E-state index contributed by atoms with van der Waals surface area (Å²) in [4.78, 5) is 16.5. The number of hydrogen-bond donors (Lipinski definition) is 2. The first-order valence-electron chi connectivity index (χ1n) is 7.21. The summed E-state index contributed by atoms with van der Waals surface area (Å²) < 4.78 is 1.71. The Morgan fingerprint density at radius 2 is 2.22 bits per heavy atom. The third-order valence-electron chi connectivity index (χ3n) is 3.85. The lowest BCUT2D eigenvalue weighted by molar-refractivity contribution is 0.0909. The minimum atomic E-state index is -0.122. The largest absolute Gasteiger partial charge is 0.348 e. The molecule has 2 atom stereocenters. The second-order valence-corrected chi connectivity index (χ2v) is 5.40. The van der Waals surface area contributed by atoms with Crippen LogP contribution in [0.15, 0.2) is 36.8 Å². The van der Waals surface area contributed by atoms with Gasteiger partial charge in [-0.3, -0.25) is 9.78 Å². The summed E-state index contributed by atoms with van der Waals surface area (Å²) in [5, 5.41) is 10.6. The van der Waals surface area contributed by atoms with Crippen molar-refractivity contribution in [2.24, 2.45) is 5.92 Å². The Morgan fingerprint density at radius 3 is 2.91 bits per heavy atom. The number of amides is 1. The van der Waals surface area contributed by atoms with Crippen LogP contribution in [0.4, 0.5) is 0 Å². The molecule has 3 rings (SSSR count). The smallest absolute Gasteiger partial charge is 0.270 e. The first-order chi connectivity index (χ1) is 10.2. The molecule has 1 fully saturated rings. The summed E-state index contributed by atoms with van der Waals surface area (Å²) in [5.74, 6) is 0.305. The van der Waals surface area contributed by atoms with Crippen molar-refractivity contribution in [1.29, 1.82) is 0 Å². The zero-order valence-corrected chi connectivity index (χ0v) is 14.4. The molecule has 0 radical (unpaired) electrons. The Hall–Kier alpha value is -1.63. The number of carbonyl (C=O) groups excluding carboxylic acids is 1. The van der Waals surface area contributed by atoms with Gasteiger partial charge >= 0.3 is 0 Å². The predicted octanol–water partition coefficient (Wildman–Crippen LogP) is 1.84. The number of halogens is 2. The summed E-state index contributed by atoms with van der Waals surface area (Å²) in [5.41, 5.74) is 1.26. The molecule has 0 aliphatic carbocycles. The van der Waals surface area contributed by atoms with Crippen LogP contribution < -0.4 is 10.6 Å². The third-order valence-corrected chi connectivity index (χ3v) is 3.85. The molecule has 6 nitrogen and oxygen atoms in total. The van der Waals surface area contributed by atoms with Gasteiger partial charge in [0.2, 0.25) is 0 Å². The number of nitrogens with zero attached hydrogens (tertiary/aromatic N) is 3. The van der Waals surface area contributed by atoms with Crippen LogP contribution in [-0.2, 0) is 0 Å². The molecule has 3 heterocycles. The van der Waals surface area contributed by atoms with Crippen LogP contribution in [0, 0.1) is 5.92 Å². The molecule has 0 spiro atoms. The van der Waals surface area contributed by atoms with Crippen LogP contribution in [0.25, 0.3) is 5.69 Å². The van der Waals surface area contributed by atoms with E-state index in [0.29, 0.717) is 11.6 Å². The van der Waals surface area contributed by atoms with Crippen molar-refractivity contribution in [3.8, 4) is 5.69 Å². The maximum atomic E-state index is 12.4. The van der Waals surface area contributed by atoms with Crippen LogP contribution in [0.3, 0.4) is 0 Å². The van der Waals surface area contributed by atoms with Crippen LogP contribution in [0.1, 0.15) is 23.8 Å². The number of rotatable bonds is 3. The normalized spacial score (nSPS) is 20.0. The Bertz CT molecular complexity index is 620. The highest BCUT2D eigenvalue weighted by Gasteiger charge is 2.23. The number of nitrogens with one attached hydrogen (secondary N) is 2. The van der Waals surface area contributed by atoms with Gasteiger partial charge in [0.25, 0.3) is 5.91 Å². The van der Waals surface area contributed by atoms with Crippen LogP contribution in [-0.4, -0.2) is 39.8 Å². The Balaban J connectivity index is 0.00000132. The van der Waals surface area contributed by atoms with E-state index in [9.17, 15) is 4.79 Å². The van der Waals surface area contributed by atoms with Gasteiger partial charge in [-0.2, -0.15) is 5.10 Å². The number of pyridine rings is 1. The fourth-order valence-corrected chi connectivity index (χ4v) is 2.58. The first kappa shape index (κ1) is 19.4. The van der Waals surface area contributed by atoms with E-state index in [4.69, 9.17) is 0 Å². The second-order valence-electron chi connectivity index (χ2n) is 5.40. The highest BCUT2D eigenvalue weighted by molar-refractivity contribution is 5.93. The fourth-order valence-electron chi connectivity index (χ4n) is 2.58. The molecule has 1 aliphatic heterocycles. The molecular weight excluding hydrogens is 337 g/mol. The lowest BCUT2D eigenvalue weighted by atomic mass is 9.95. The Morgan fingerprint density at radius 1 is 1.39 bits per heavy atom. The summed E-state index contributed by atoms with van der Waals surface area (Å²) in [6.45, 7) is 4.02. The van der Waals surface area contributed by atoms with Gasteiger partial charge in [0.05, 0.1) is 5.69 Å². The summed E-state index contributed by atoms with van der Waals surface area (Å²) in [6.07, 6.45) is 6.13. The van der Waals surface area contributed by atoms with Gasteiger partial charge in [0.1, 0.15) is 5.69 Å². The molecule has 2 N–H and O–H groups in total. The molecule has 126 valence electrons. The molecule has 0 bridgehead atoms. The van der Waals surface area contributed by atoms with E-state index in [2.05, 4.69) is 27.6 Å². The maximum Gasteiger partial charge on any atom is 0.270 e. The topological polar surface area (TPSA) is 71.8 Å². The molecular formula is C15H21Cl2N5O. The SMILES string of the molecule is CC1CNCCC1NC(=O)c1cc(-n2cccn2)ccn1.Cl.Cl. The highest BCUT2D eigenvalue weighted by atomic mass is 35.5. The van der Waals surface area contributed by atoms with E-state index in [0.717, 1.165) is 25.2 Å². The molecule has 0 saturated carbocycles. The van der Waals surface area contributed by atoms with E-state index >= 15 is 0 Å². The minimum Gasteiger partial charge on any atom is -0.348 e. The average Bonchev–Trinajstić information content (AvgIpc) is 3.04. The van der Waals surface area contributed by atoms with E-state index < -0.39 is 0 Å². The zero-order valence-electron chi connectivity index (χ0n) is 12.8. The van der Waals surface area contributed by atoms with E-state index in [1.165, 1.54) is 0 Å². The predicted molar refractivity (Wildman–Crippen MR) is 93.8 cm³/mol. The van der Waals surface area contributed by atoms with Gasteiger partial charge in [-0.25, -0.2) is 4.68 Å². The van der Waals surface area contributed by atoms with Crippen LogP contribution in [0.5, 0.6) is 0 Å². The van der Waals surface area contributed by atoms with E-state index in [-0.39, 0.29) is 36.8 Å². The molecule has 2 unspecified atom stereocenters. The molecule has 2 aromatic rings. The summed E-state index contributed by atoms with van der Waals surface area (Å²) in [7, 11) is 0. The van der Waals surface area contributed by atoms with E-state index in [1.807, 2.05) is 18.3 Å². The second kappa shape index (κ2) is 8.86. The molecule has 8 heteroatoms. The van der Waals surface area contributed by atoms with Gasteiger partial charge in [0, 0.05) is 24.6 Å². The molecule has 1 aliphatic rings. The van der Waals surface area contributed by atoms with Crippen LogP contribution in [0.2, 0.25) is 0 Å². The van der Waals surface area contributed by atoms with Gasteiger partial charge < -0.3 is 10.6 Å². The molecule has 23 heavy (non-hydrogen) atoms. The fraction of sp³-hybridized carbons (Fsp3) is 0.400. The molecule has 1 amide bonds. The minimum absolute atomic E-state index is 0. The Labute approximate surface area is 147 Å². The Kier molecular flexibility index (Phi) is 7.48. The van der Waals surface area contributed by atoms with Crippen molar-refractivity contribution in [1.82, 2.24) is 25.4 Å². The van der Waals surface area contributed by atoms with Crippen molar-refractivity contribution in [3.63, 3.8) is 0 Å². The van der Waals surface area contributed by atoms with Crippen molar-refractivity contribution < 1.29 is 4.79 Å². The molecule has 0 aromatic carbocycles. The first-order valence-corrected chi connectivity index (χ1v) is 7.21. The van der Waals surface area contributed by atoms with Gasteiger partial charge in [-0.15, -0.1) is 24.8 Å². The lowest BCUT2D eigenvalue weighted by Gasteiger charge is -2.30. The lowest BCUT2D eigenvalue weighted by Crippen LogP contribution is -2.48. The average molecular weight is 358 g/mol. The zero-order chi connectivity index (χ0) is 14.7. The maximum absolute atomic E-state index is 12.4. The number of hydrogen-bond acceptors (Lipinski definition) is 4. The monoisotopic (exact) mass is 357 g/mol. The van der Waals surface area contributed by atoms with Crippen molar-refractivity contribution in [2.45, 2.75) is 19.4 Å². The quantitative estimate of drug-likeness (QED) is 0.878. The van der Waals surface area contributed by atoms with E-state index in [1.54, 1.807) is 23.1 Å². The molecule has 1 saturated heterocycles. The summed E-state index contributed by atoms with van der Waals surface area (Å²) in [6, 6.07) is 5.64. The third kappa shape index (κ3) is 4.67. The number of piperidine rings is 1. The van der Waals surface area contributed by atoms with Crippen molar-refractivity contribution >= 4 is 30.7 Å². The van der Waals surface area contributed by atoms with Crippen LogP contribution >= 0.6 is 24.8 Å². The van der Waals surface area contributed by atoms with Crippen molar-refractivity contribution in [3.05, 3.63) is 42.5 Å². The summed E-state index contributed by atoms with van der Waals surface area (Å²) >= 11 is 0. The van der Waals surface area contributed by atoms with Gasteiger partial charge in [-0.1, -0.05) is 6.92 Å². The van der Waals surface area contributed by atoms with Crippen molar-refractivity contribution in [2.75, 3.05) is 13.1 Å².